The summed E-state index contributed by atoms with van der Waals surface area (Å²) in [5.74, 6) is 0.742. The fraction of sp³-hybridized carbons (Fsp3) is 0.647. The van der Waals surface area contributed by atoms with Crippen LogP contribution in [0.4, 0.5) is 0 Å². The van der Waals surface area contributed by atoms with Crippen LogP contribution in [-0.2, 0) is 17.9 Å². The number of ether oxygens (including phenoxy) is 1. The molecule has 0 unspecified atom stereocenters. The maximum Gasteiger partial charge on any atom is 0.0685 e. The molecular weight excluding hydrogens is 264 g/mol. The van der Waals surface area contributed by atoms with Crippen LogP contribution in [0.1, 0.15) is 17.5 Å². The highest BCUT2D eigenvalue weighted by Crippen LogP contribution is 2.17. The van der Waals surface area contributed by atoms with Gasteiger partial charge in [-0.2, -0.15) is 0 Å². The Morgan fingerprint density at radius 1 is 1.05 bits per heavy atom. The van der Waals surface area contributed by atoms with Crippen molar-refractivity contribution in [3.63, 3.8) is 0 Å². The summed E-state index contributed by atoms with van der Waals surface area (Å²) in [6.45, 7) is 8.72. The van der Waals surface area contributed by atoms with E-state index < -0.39 is 0 Å². The van der Waals surface area contributed by atoms with Crippen LogP contribution in [0.5, 0.6) is 0 Å². The zero-order chi connectivity index (χ0) is 14.5. The molecule has 0 aromatic heterocycles. The van der Waals surface area contributed by atoms with Crippen LogP contribution in [0.15, 0.2) is 24.3 Å². The highest BCUT2D eigenvalue weighted by Gasteiger charge is 2.22. The van der Waals surface area contributed by atoms with Gasteiger partial charge < -0.3 is 14.7 Å². The lowest BCUT2D eigenvalue weighted by molar-refractivity contribution is 0.106. The van der Waals surface area contributed by atoms with Crippen molar-refractivity contribution in [1.82, 2.24) is 9.80 Å². The van der Waals surface area contributed by atoms with Gasteiger partial charge in [0.05, 0.1) is 13.2 Å². The quantitative estimate of drug-likeness (QED) is 0.887. The lowest BCUT2D eigenvalue weighted by Crippen LogP contribution is -2.47. The molecule has 3 rings (SSSR count). The van der Waals surface area contributed by atoms with Crippen molar-refractivity contribution >= 4 is 0 Å². The van der Waals surface area contributed by atoms with Crippen LogP contribution in [-0.4, -0.2) is 60.8 Å². The second-order valence-corrected chi connectivity index (χ2v) is 6.23. The Kier molecular flexibility index (Phi) is 5.25. The average Bonchev–Trinajstić information content (AvgIpc) is 3.03. The largest absolute Gasteiger partial charge is 0.392 e. The van der Waals surface area contributed by atoms with Crippen LogP contribution in [0.2, 0.25) is 0 Å². The summed E-state index contributed by atoms with van der Waals surface area (Å²) in [5.41, 5.74) is 2.32. The van der Waals surface area contributed by atoms with Crippen LogP contribution in [0, 0.1) is 5.92 Å². The molecule has 0 spiro atoms. The maximum atomic E-state index is 9.41. The molecule has 2 saturated heterocycles. The van der Waals surface area contributed by atoms with Gasteiger partial charge >= 0.3 is 0 Å². The molecule has 0 aliphatic carbocycles. The summed E-state index contributed by atoms with van der Waals surface area (Å²) in [5, 5.41) is 9.41. The van der Waals surface area contributed by atoms with Gasteiger partial charge in [0, 0.05) is 45.9 Å². The van der Waals surface area contributed by atoms with Crippen LogP contribution >= 0.6 is 0 Å². The van der Waals surface area contributed by atoms with Crippen molar-refractivity contribution in [3.05, 3.63) is 35.4 Å². The molecule has 0 radical (unpaired) electrons. The van der Waals surface area contributed by atoms with Gasteiger partial charge in [0.1, 0.15) is 0 Å². The predicted molar refractivity (Wildman–Crippen MR) is 83.0 cm³/mol. The fourth-order valence-electron chi connectivity index (χ4n) is 3.33. The first-order chi connectivity index (χ1) is 10.3. The number of aliphatic hydroxyl groups excluding tert-OH is 1. The number of benzene rings is 1. The van der Waals surface area contributed by atoms with Crippen molar-refractivity contribution in [1.29, 1.82) is 0 Å². The minimum atomic E-state index is 0.137. The summed E-state index contributed by atoms with van der Waals surface area (Å²) < 4.78 is 5.46. The number of nitrogens with zero attached hydrogens (tertiary/aromatic N) is 2. The van der Waals surface area contributed by atoms with E-state index in [0.717, 1.165) is 57.4 Å². The summed E-state index contributed by atoms with van der Waals surface area (Å²) >= 11 is 0. The third-order valence-electron chi connectivity index (χ3n) is 4.69. The summed E-state index contributed by atoms with van der Waals surface area (Å²) in [6, 6.07) is 8.21. The monoisotopic (exact) mass is 290 g/mol. The Bertz CT molecular complexity index is 438. The van der Waals surface area contributed by atoms with Crippen molar-refractivity contribution in [2.24, 2.45) is 5.92 Å². The van der Waals surface area contributed by atoms with Gasteiger partial charge in [0.25, 0.3) is 0 Å². The van der Waals surface area contributed by atoms with E-state index in [-0.39, 0.29) is 6.61 Å². The van der Waals surface area contributed by atoms with Crippen LogP contribution in [0.25, 0.3) is 0 Å². The number of hydrogen-bond acceptors (Lipinski definition) is 4. The molecule has 2 fully saturated rings. The summed E-state index contributed by atoms with van der Waals surface area (Å²) in [4.78, 5) is 5.07. The van der Waals surface area contributed by atoms with Gasteiger partial charge in [-0.1, -0.05) is 24.3 Å². The molecule has 1 atom stereocenters. The third kappa shape index (κ3) is 4.04. The SMILES string of the molecule is OCc1ccccc1CN1CCN(C[C@@H]2CCOC2)CC1. The Labute approximate surface area is 127 Å². The van der Waals surface area contributed by atoms with Gasteiger partial charge in [-0.05, 0) is 23.5 Å². The molecule has 4 nitrogen and oxygen atoms in total. The van der Waals surface area contributed by atoms with E-state index >= 15 is 0 Å². The number of piperazine rings is 1. The van der Waals surface area contributed by atoms with E-state index in [4.69, 9.17) is 4.74 Å². The first-order valence-corrected chi connectivity index (χ1v) is 8.05. The van der Waals surface area contributed by atoms with Crippen molar-refractivity contribution in [2.75, 3.05) is 45.9 Å². The van der Waals surface area contributed by atoms with E-state index in [2.05, 4.69) is 21.9 Å². The Hall–Kier alpha value is -0.940. The first kappa shape index (κ1) is 15.0. The van der Waals surface area contributed by atoms with Crippen molar-refractivity contribution in [2.45, 2.75) is 19.6 Å². The maximum absolute atomic E-state index is 9.41. The molecule has 0 bridgehead atoms. The molecule has 2 aliphatic rings. The van der Waals surface area contributed by atoms with E-state index in [0.29, 0.717) is 0 Å². The zero-order valence-electron chi connectivity index (χ0n) is 12.7. The molecule has 21 heavy (non-hydrogen) atoms. The summed E-state index contributed by atoms with van der Waals surface area (Å²) in [7, 11) is 0. The number of aliphatic hydroxyl groups is 1. The van der Waals surface area contributed by atoms with Gasteiger partial charge in [-0.25, -0.2) is 0 Å². The van der Waals surface area contributed by atoms with Gasteiger partial charge in [-0.15, -0.1) is 0 Å². The molecule has 1 aromatic carbocycles. The molecule has 1 N–H and O–H groups in total. The van der Waals surface area contributed by atoms with Gasteiger partial charge in [-0.3, -0.25) is 4.90 Å². The normalized spacial score (nSPS) is 24.5. The lowest BCUT2D eigenvalue weighted by atomic mass is 10.1. The smallest absolute Gasteiger partial charge is 0.0685 e. The summed E-state index contributed by atoms with van der Waals surface area (Å²) in [6.07, 6.45) is 1.23. The molecule has 0 saturated carbocycles. The van der Waals surface area contributed by atoms with Gasteiger partial charge in [0.15, 0.2) is 0 Å². The second-order valence-electron chi connectivity index (χ2n) is 6.23. The molecular formula is C17H26N2O2. The van der Waals surface area contributed by atoms with E-state index in [1.165, 1.54) is 18.5 Å². The highest BCUT2D eigenvalue weighted by molar-refractivity contribution is 5.26. The van der Waals surface area contributed by atoms with E-state index in [1.807, 2.05) is 12.1 Å². The van der Waals surface area contributed by atoms with Crippen LogP contribution in [0.3, 0.4) is 0 Å². The Balaban J connectivity index is 1.47. The average molecular weight is 290 g/mol. The Morgan fingerprint density at radius 2 is 1.76 bits per heavy atom. The second kappa shape index (κ2) is 7.36. The lowest BCUT2D eigenvalue weighted by Gasteiger charge is -2.36. The topological polar surface area (TPSA) is 35.9 Å². The Morgan fingerprint density at radius 3 is 2.43 bits per heavy atom. The van der Waals surface area contributed by atoms with E-state index in [9.17, 15) is 5.11 Å². The predicted octanol–water partition coefficient (Wildman–Crippen LogP) is 1.33. The van der Waals surface area contributed by atoms with Crippen molar-refractivity contribution < 1.29 is 9.84 Å². The molecule has 1 aromatic rings. The standard InChI is InChI=1S/C17H26N2O2/c20-13-17-4-2-1-3-16(17)12-19-8-6-18(7-9-19)11-15-5-10-21-14-15/h1-4,15,20H,5-14H2/t15-/m0/s1. The minimum Gasteiger partial charge on any atom is -0.392 e. The molecule has 0 amide bonds. The van der Waals surface area contributed by atoms with Crippen LogP contribution < -0.4 is 0 Å². The molecule has 4 heteroatoms. The fourth-order valence-corrected chi connectivity index (χ4v) is 3.33. The molecule has 2 aliphatic heterocycles. The molecule has 2 heterocycles. The third-order valence-corrected chi connectivity index (χ3v) is 4.69. The van der Waals surface area contributed by atoms with E-state index in [1.54, 1.807) is 0 Å². The van der Waals surface area contributed by atoms with Crippen molar-refractivity contribution in [3.8, 4) is 0 Å². The molecule has 116 valence electrons. The number of rotatable bonds is 5. The first-order valence-electron chi connectivity index (χ1n) is 8.05. The minimum absolute atomic E-state index is 0.137. The van der Waals surface area contributed by atoms with Gasteiger partial charge in [0.2, 0.25) is 0 Å². The highest BCUT2D eigenvalue weighted by atomic mass is 16.5. The number of hydrogen-bond donors (Lipinski definition) is 1. The zero-order valence-corrected chi connectivity index (χ0v) is 12.7.